The quantitative estimate of drug-likeness (QED) is 0.889. The summed E-state index contributed by atoms with van der Waals surface area (Å²) in [6.07, 6.45) is 0.466. The van der Waals surface area contributed by atoms with E-state index in [1.54, 1.807) is 16.2 Å². The molecule has 0 spiro atoms. The topological polar surface area (TPSA) is 45.2 Å². The molecular weight excluding hydrogens is 294 g/mol. The molecule has 1 N–H and O–H groups in total. The maximum Gasteiger partial charge on any atom is 0.228 e. The van der Waals surface area contributed by atoms with Gasteiger partial charge in [-0.05, 0) is 32.9 Å². The second kappa shape index (κ2) is 7.51. The molecule has 0 saturated heterocycles. The van der Waals surface area contributed by atoms with E-state index in [9.17, 15) is 4.79 Å². The number of carbonyl (C=O) groups excluding carboxylic acids is 1. The molecule has 1 amide bonds. The van der Waals surface area contributed by atoms with Crippen molar-refractivity contribution in [3.05, 3.63) is 45.9 Å². The van der Waals surface area contributed by atoms with Crippen LogP contribution in [0, 0.1) is 13.8 Å². The van der Waals surface area contributed by atoms with Gasteiger partial charge in [0.25, 0.3) is 0 Å². The molecule has 1 aromatic carbocycles. The average molecular weight is 317 g/mol. The Morgan fingerprint density at radius 3 is 2.59 bits per heavy atom. The number of para-hydroxylation sites is 1. The minimum absolute atomic E-state index is 0.109. The van der Waals surface area contributed by atoms with Crippen molar-refractivity contribution in [1.29, 1.82) is 0 Å². The number of hydrogen-bond donors (Lipinski definition) is 1. The van der Waals surface area contributed by atoms with Gasteiger partial charge in [-0.3, -0.25) is 4.79 Å². The molecule has 0 bridgehead atoms. The molecule has 1 heterocycles. The van der Waals surface area contributed by atoms with Gasteiger partial charge in [-0.2, -0.15) is 0 Å². The predicted molar refractivity (Wildman–Crippen MR) is 92.4 cm³/mol. The lowest BCUT2D eigenvalue weighted by Crippen LogP contribution is -2.34. The fourth-order valence-electron chi connectivity index (χ4n) is 2.27. The van der Waals surface area contributed by atoms with Crippen molar-refractivity contribution in [2.45, 2.75) is 39.8 Å². The SMILES string of the molecule is Cc1nc(CNC(C)CC(=O)N(C)c2ccccc2)c(C)s1. The molecule has 0 aliphatic rings. The Labute approximate surface area is 136 Å². The van der Waals surface area contributed by atoms with Gasteiger partial charge in [0.1, 0.15) is 0 Å². The van der Waals surface area contributed by atoms with Crippen LogP contribution in [0.25, 0.3) is 0 Å². The number of anilines is 1. The Kier molecular flexibility index (Phi) is 5.69. The minimum Gasteiger partial charge on any atom is -0.315 e. The molecule has 118 valence electrons. The minimum atomic E-state index is 0.109. The highest BCUT2D eigenvalue weighted by molar-refractivity contribution is 7.11. The Morgan fingerprint density at radius 1 is 1.32 bits per heavy atom. The number of nitrogens with one attached hydrogen (secondary N) is 1. The van der Waals surface area contributed by atoms with Crippen molar-refractivity contribution in [1.82, 2.24) is 10.3 Å². The predicted octanol–water partition coefficient (Wildman–Crippen LogP) is 3.29. The highest BCUT2D eigenvalue weighted by Crippen LogP contribution is 2.16. The average Bonchev–Trinajstić information content (AvgIpc) is 2.83. The molecular formula is C17H23N3OS. The zero-order valence-corrected chi connectivity index (χ0v) is 14.4. The lowest BCUT2D eigenvalue weighted by molar-refractivity contribution is -0.118. The zero-order chi connectivity index (χ0) is 16.1. The van der Waals surface area contributed by atoms with Crippen molar-refractivity contribution >= 4 is 22.9 Å². The van der Waals surface area contributed by atoms with Crippen LogP contribution < -0.4 is 10.2 Å². The van der Waals surface area contributed by atoms with Gasteiger partial charge in [0.15, 0.2) is 0 Å². The second-order valence-corrected chi connectivity index (χ2v) is 6.92. The summed E-state index contributed by atoms with van der Waals surface area (Å²) in [6.45, 7) is 6.84. The number of benzene rings is 1. The first-order chi connectivity index (χ1) is 10.5. The number of aromatic nitrogens is 1. The number of thiazole rings is 1. The van der Waals surface area contributed by atoms with Crippen LogP contribution in [-0.4, -0.2) is 24.0 Å². The number of carbonyl (C=O) groups is 1. The molecule has 1 aromatic heterocycles. The number of amides is 1. The monoisotopic (exact) mass is 317 g/mol. The van der Waals surface area contributed by atoms with Gasteiger partial charge in [-0.15, -0.1) is 11.3 Å². The molecule has 0 radical (unpaired) electrons. The van der Waals surface area contributed by atoms with E-state index in [-0.39, 0.29) is 11.9 Å². The molecule has 5 heteroatoms. The first-order valence-electron chi connectivity index (χ1n) is 7.45. The van der Waals surface area contributed by atoms with Gasteiger partial charge >= 0.3 is 0 Å². The third-order valence-corrected chi connectivity index (χ3v) is 4.54. The van der Waals surface area contributed by atoms with Crippen molar-refractivity contribution in [3.8, 4) is 0 Å². The highest BCUT2D eigenvalue weighted by Gasteiger charge is 2.15. The summed E-state index contributed by atoms with van der Waals surface area (Å²) in [4.78, 5) is 19.8. The van der Waals surface area contributed by atoms with Gasteiger partial charge in [-0.1, -0.05) is 18.2 Å². The lowest BCUT2D eigenvalue weighted by Gasteiger charge is -2.20. The summed E-state index contributed by atoms with van der Waals surface area (Å²) < 4.78 is 0. The number of aryl methyl sites for hydroxylation is 2. The smallest absolute Gasteiger partial charge is 0.228 e. The van der Waals surface area contributed by atoms with Crippen molar-refractivity contribution in [2.24, 2.45) is 0 Å². The molecule has 2 aromatic rings. The highest BCUT2D eigenvalue weighted by atomic mass is 32.1. The zero-order valence-electron chi connectivity index (χ0n) is 13.6. The van der Waals surface area contributed by atoms with Crippen LogP contribution in [0.4, 0.5) is 5.69 Å². The van der Waals surface area contributed by atoms with E-state index in [4.69, 9.17) is 0 Å². The molecule has 4 nitrogen and oxygen atoms in total. The van der Waals surface area contributed by atoms with E-state index in [1.165, 1.54) is 4.88 Å². The van der Waals surface area contributed by atoms with Gasteiger partial charge in [0.05, 0.1) is 10.7 Å². The third-order valence-electron chi connectivity index (χ3n) is 3.62. The molecule has 0 aliphatic carbocycles. The van der Waals surface area contributed by atoms with Crippen molar-refractivity contribution in [3.63, 3.8) is 0 Å². The number of hydrogen-bond acceptors (Lipinski definition) is 4. The van der Waals surface area contributed by atoms with Gasteiger partial charge in [-0.25, -0.2) is 4.98 Å². The van der Waals surface area contributed by atoms with E-state index < -0.39 is 0 Å². The van der Waals surface area contributed by atoms with E-state index >= 15 is 0 Å². The Morgan fingerprint density at radius 2 is 2.00 bits per heavy atom. The van der Waals surface area contributed by atoms with E-state index in [0.29, 0.717) is 13.0 Å². The fraction of sp³-hybridized carbons (Fsp3) is 0.412. The fourth-order valence-corrected chi connectivity index (χ4v) is 3.11. The number of rotatable bonds is 6. The van der Waals surface area contributed by atoms with Crippen LogP contribution in [0.1, 0.15) is 28.9 Å². The lowest BCUT2D eigenvalue weighted by atomic mass is 10.2. The van der Waals surface area contributed by atoms with Crippen molar-refractivity contribution < 1.29 is 4.79 Å². The summed E-state index contributed by atoms with van der Waals surface area (Å²) in [5.41, 5.74) is 2.00. The van der Waals surface area contributed by atoms with Crippen LogP contribution in [-0.2, 0) is 11.3 Å². The van der Waals surface area contributed by atoms with Gasteiger partial charge < -0.3 is 10.2 Å². The Bertz CT molecular complexity index is 624. The molecule has 2 rings (SSSR count). The molecule has 0 aliphatic heterocycles. The van der Waals surface area contributed by atoms with Crippen LogP contribution in [0.2, 0.25) is 0 Å². The molecule has 1 unspecified atom stereocenters. The normalized spacial score (nSPS) is 12.2. The van der Waals surface area contributed by atoms with E-state index in [1.807, 2.05) is 51.2 Å². The first kappa shape index (κ1) is 16.6. The summed E-state index contributed by atoms with van der Waals surface area (Å²) in [5, 5.41) is 4.47. The molecule has 22 heavy (non-hydrogen) atoms. The largest absolute Gasteiger partial charge is 0.315 e. The van der Waals surface area contributed by atoms with Crippen LogP contribution in [0.15, 0.2) is 30.3 Å². The summed E-state index contributed by atoms with van der Waals surface area (Å²) >= 11 is 1.71. The second-order valence-electron chi connectivity index (χ2n) is 5.51. The van der Waals surface area contributed by atoms with Crippen LogP contribution in [0.3, 0.4) is 0 Å². The first-order valence-corrected chi connectivity index (χ1v) is 8.27. The Hall–Kier alpha value is -1.72. The number of nitrogens with zero attached hydrogens (tertiary/aromatic N) is 2. The third kappa shape index (κ3) is 4.39. The van der Waals surface area contributed by atoms with E-state index in [2.05, 4.69) is 17.2 Å². The van der Waals surface area contributed by atoms with Gasteiger partial charge in [0, 0.05) is 36.6 Å². The Balaban J connectivity index is 1.85. The van der Waals surface area contributed by atoms with E-state index in [0.717, 1.165) is 16.4 Å². The standard InChI is InChI=1S/C17H23N3OS/c1-12(18-11-16-13(2)22-14(3)19-16)10-17(21)20(4)15-8-6-5-7-9-15/h5-9,12,18H,10-11H2,1-4H3. The molecule has 0 fully saturated rings. The summed E-state index contributed by atoms with van der Waals surface area (Å²) in [5.74, 6) is 0.109. The van der Waals surface area contributed by atoms with Crippen molar-refractivity contribution in [2.75, 3.05) is 11.9 Å². The van der Waals surface area contributed by atoms with Crippen LogP contribution >= 0.6 is 11.3 Å². The summed E-state index contributed by atoms with van der Waals surface area (Å²) in [6, 6.07) is 9.82. The molecule has 1 atom stereocenters. The van der Waals surface area contributed by atoms with Crippen LogP contribution in [0.5, 0.6) is 0 Å². The maximum absolute atomic E-state index is 12.3. The summed E-state index contributed by atoms with van der Waals surface area (Å²) in [7, 11) is 1.82. The maximum atomic E-state index is 12.3. The molecule has 0 saturated carbocycles. The van der Waals surface area contributed by atoms with Gasteiger partial charge in [0.2, 0.25) is 5.91 Å².